The topological polar surface area (TPSA) is 81.5 Å². The second-order valence-corrected chi connectivity index (χ2v) is 5.74. The summed E-state index contributed by atoms with van der Waals surface area (Å²) in [6.07, 6.45) is 1.58. The van der Waals surface area contributed by atoms with Gasteiger partial charge in [-0.3, -0.25) is 14.9 Å². The van der Waals surface area contributed by atoms with Gasteiger partial charge in [-0.05, 0) is 25.8 Å². The monoisotopic (exact) mass is 358 g/mol. The number of nitrogens with zero attached hydrogens (tertiary/aromatic N) is 1. The maximum absolute atomic E-state index is 12.3. The molecular weight excluding hydrogens is 340 g/mol. The normalized spacial score (nSPS) is 13.3. The molecule has 0 aromatic heterocycles. The Morgan fingerprint density at radius 1 is 1.52 bits per heavy atom. The molecule has 1 aromatic carbocycles. The molecule has 1 rings (SSSR count). The van der Waals surface area contributed by atoms with Crippen molar-refractivity contribution in [3.8, 4) is 5.75 Å². The van der Waals surface area contributed by atoms with Gasteiger partial charge in [0.15, 0.2) is 5.75 Å². The Bertz CT molecular complexity index is 536. The zero-order valence-corrected chi connectivity index (χ0v) is 13.9. The van der Waals surface area contributed by atoms with Gasteiger partial charge < -0.3 is 10.1 Å². The van der Waals surface area contributed by atoms with Gasteiger partial charge in [-0.2, -0.15) is 0 Å². The second kappa shape index (κ2) is 7.40. The summed E-state index contributed by atoms with van der Waals surface area (Å²) in [6, 6.07) is 4.10. The first-order chi connectivity index (χ1) is 9.86. The van der Waals surface area contributed by atoms with Gasteiger partial charge in [-0.15, -0.1) is 0 Å². The molecule has 116 valence electrons. The van der Waals surface area contributed by atoms with E-state index < -0.39 is 4.92 Å². The average Bonchev–Trinajstić information content (AvgIpc) is 2.46. The summed E-state index contributed by atoms with van der Waals surface area (Å²) in [5.74, 6) is -0.195. The number of methoxy groups -OCH3 is 1. The number of nitrogens with one attached hydrogen (secondary N) is 1. The number of rotatable bonds is 7. The highest BCUT2D eigenvalue weighted by molar-refractivity contribution is 9.09. The van der Waals surface area contributed by atoms with Gasteiger partial charge in [0.2, 0.25) is 0 Å². The first-order valence-electron chi connectivity index (χ1n) is 6.57. The van der Waals surface area contributed by atoms with Crippen LogP contribution in [0.2, 0.25) is 0 Å². The average molecular weight is 359 g/mol. The van der Waals surface area contributed by atoms with Crippen LogP contribution in [-0.4, -0.2) is 28.8 Å². The van der Waals surface area contributed by atoms with E-state index in [0.29, 0.717) is 5.56 Å². The van der Waals surface area contributed by atoms with E-state index in [9.17, 15) is 14.9 Å². The molecule has 0 fully saturated rings. The van der Waals surface area contributed by atoms with Crippen LogP contribution >= 0.6 is 15.9 Å². The van der Waals surface area contributed by atoms with Gasteiger partial charge in [0.1, 0.15) is 0 Å². The summed E-state index contributed by atoms with van der Waals surface area (Å²) in [5.41, 5.74) is -0.144. The lowest BCUT2D eigenvalue weighted by molar-refractivity contribution is -0.385. The number of amides is 1. The minimum absolute atomic E-state index is 0.0753. The van der Waals surface area contributed by atoms with Gasteiger partial charge in [0.25, 0.3) is 5.91 Å². The zero-order chi connectivity index (χ0) is 16.0. The predicted molar refractivity (Wildman–Crippen MR) is 84.2 cm³/mol. The number of benzene rings is 1. The standard InChI is InChI=1S/C14H19BrN2O4/c1-4-14(2,7-8-15)16-13(18)10-5-6-11(17(19)20)12(9-10)21-3/h5-6,9H,4,7-8H2,1-3H3,(H,16,18). The smallest absolute Gasteiger partial charge is 0.310 e. The highest BCUT2D eigenvalue weighted by atomic mass is 79.9. The fourth-order valence-electron chi connectivity index (χ4n) is 1.85. The van der Waals surface area contributed by atoms with Crippen LogP contribution < -0.4 is 10.1 Å². The summed E-state index contributed by atoms with van der Waals surface area (Å²) in [5, 5.41) is 14.6. The number of alkyl halides is 1. The highest BCUT2D eigenvalue weighted by Gasteiger charge is 2.25. The number of hydrogen-bond acceptors (Lipinski definition) is 4. The van der Waals surface area contributed by atoms with E-state index in [4.69, 9.17) is 4.74 Å². The van der Waals surface area contributed by atoms with Crippen LogP contribution in [0.5, 0.6) is 5.75 Å². The second-order valence-electron chi connectivity index (χ2n) is 4.95. The van der Waals surface area contributed by atoms with Crippen molar-refractivity contribution >= 4 is 27.5 Å². The van der Waals surface area contributed by atoms with Crippen LogP contribution in [0.4, 0.5) is 5.69 Å². The molecule has 0 radical (unpaired) electrons. The third kappa shape index (κ3) is 4.42. The van der Waals surface area contributed by atoms with Crippen molar-refractivity contribution in [2.45, 2.75) is 32.2 Å². The lowest BCUT2D eigenvalue weighted by Gasteiger charge is -2.29. The number of carbonyl (C=O) groups excluding carboxylic acids is 1. The van der Waals surface area contributed by atoms with Gasteiger partial charge >= 0.3 is 5.69 Å². The molecule has 21 heavy (non-hydrogen) atoms. The molecular formula is C14H19BrN2O4. The quantitative estimate of drug-likeness (QED) is 0.460. The van der Waals surface area contributed by atoms with Crippen LogP contribution in [0.15, 0.2) is 18.2 Å². The summed E-state index contributed by atoms with van der Waals surface area (Å²) in [7, 11) is 1.34. The first-order valence-corrected chi connectivity index (χ1v) is 7.70. The van der Waals surface area contributed by atoms with Crippen molar-refractivity contribution < 1.29 is 14.5 Å². The van der Waals surface area contributed by atoms with Crippen molar-refractivity contribution in [1.82, 2.24) is 5.32 Å². The lowest BCUT2D eigenvalue weighted by Crippen LogP contribution is -2.45. The van der Waals surface area contributed by atoms with Crippen molar-refractivity contribution in [3.63, 3.8) is 0 Å². The molecule has 1 aromatic rings. The van der Waals surface area contributed by atoms with Crippen molar-refractivity contribution in [3.05, 3.63) is 33.9 Å². The molecule has 1 unspecified atom stereocenters. The third-order valence-electron chi connectivity index (χ3n) is 3.48. The maximum Gasteiger partial charge on any atom is 0.310 e. The fraction of sp³-hybridized carbons (Fsp3) is 0.500. The Morgan fingerprint density at radius 2 is 2.19 bits per heavy atom. The van der Waals surface area contributed by atoms with Crippen LogP contribution in [0.1, 0.15) is 37.0 Å². The van der Waals surface area contributed by atoms with Crippen LogP contribution in [0.3, 0.4) is 0 Å². The molecule has 1 N–H and O–H groups in total. The van der Waals surface area contributed by atoms with E-state index >= 15 is 0 Å². The molecule has 0 saturated heterocycles. The lowest BCUT2D eigenvalue weighted by atomic mass is 9.95. The van der Waals surface area contributed by atoms with E-state index in [1.54, 1.807) is 0 Å². The van der Waals surface area contributed by atoms with Gasteiger partial charge in [0, 0.05) is 28.6 Å². The van der Waals surface area contributed by atoms with Crippen LogP contribution in [-0.2, 0) is 0 Å². The summed E-state index contributed by atoms with van der Waals surface area (Å²) in [4.78, 5) is 22.6. The number of hydrogen-bond donors (Lipinski definition) is 1. The number of halogens is 1. The van der Waals surface area contributed by atoms with Gasteiger partial charge in [-0.25, -0.2) is 0 Å². The SMILES string of the molecule is CCC(C)(CCBr)NC(=O)c1ccc([N+](=O)[O-])c(OC)c1. The van der Waals surface area contributed by atoms with Gasteiger partial charge in [0.05, 0.1) is 12.0 Å². The van der Waals surface area contributed by atoms with E-state index in [1.807, 2.05) is 13.8 Å². The van der Waals surface area contributed by atoms with Gasteiger partial charge in [-0.1, -0.05) is 22.9 Å². The molecule has 7 heteroatoms. The molecule has 0 spiro atoms. The molecule has 1 amide bonds. The maximum atomic E-state index is 12.3. The van der Waals surface area contributed by atoms with E-state index in [0.717, 1.165) is 18.2 Å². The summed E-state index contributed by atoms with van der Waals surface area (Å²) >= 11 is 3.37. The number of ether oxygens (including phenoxy) is 1. The van der Waals surface area contributed by atoms with Crippen molar-refractivity contribution in [2.75, 3.05) is 12.4 Å². The zero-order valence-electron chi connectivity index (χ0n) is 12.3. The molecule has 1 atom stereocenters. The Morgan fingerprint density at radius 3 is 2.67 bits per heavy atom. The van der Waals surface area contributed by atoms with E-state index in [1.165, 1.54) is 25.3 Å². The Hall–Kier alpha value is -1.63. The summed E-state index contributed by atoms with van der Waals surface area (Å²) < 4.78 is 4.97. The molecule has 0 saturated carbocycles. The molecule has 0 aliphatic heterocycles. The molecule has 0 heterocycles. The Balaban J connectivity index is 3.00. The summed E-state index contributed by atoms with van der Waals surface area (Å²) in [6.45, 7) is 3.97. The van der Waals surface area contributed by atoms with Crippen LogP contribution in [0, 0.1) is 10.1 Å². The first kappa shape index (κ1) is 17.4. The molecule has 6 nitrogen and oxygen atoms in total. The Kier molecular flexibility index (Phi) is 6.14. The minimum Gasteiger partial charge on any atom is -0.490 e. The van der Waals surface area contributed by atoms with E-state index in [-0.39, 0.29) is 22.9 Å². The fourth-order valence-corrected chi connectivity index (χ4v) is 2.73. The van der Waals surface area contributed by atoms with Crippen molar-refractivity contribution in [1.29, 1.82) is 0 Å². The predicted octanol–water partition coefficient (Wildman–Crippen LogP) is 3.29. The third-order valence-corrected chi connectivity index (χ3v) is 3.88. The number of carbonyl (C=O) groups is 1. The number of nitro benzene ring substituents is 1. The Labute approximate surface area is 132 Å². The number of nitro groups is 1. The van der Waals surface area contributed by atoms with E-state index in [2.05, 4.69) is 21.2 Å². The largest absolute Gasteiger partial charge is 0.490 e. The van der Waals surface area contributed by atoms with Crippen molar-refractivity contribution in [2.24, 2.45) is 0 Å². The molecule has 0 aliphatic carbocycles. The van der Waals surface area contributed by atoms with Crippen LogP contribution in [0.25, 0.3) is 0 Å². The minimum atomic E-state index is -0.540. The highest BCUT2D eigenvalue weighted by Crippen LogP contribution is 2.28. The molecule has 0 aliphatic rings. The molecule has 0 bridgehead atoms.